The van der Waals surface area contributed by atoms with E-state index in [1.165, 1.54) is 0 Å². The van der Waals surface area contributed by atoms with Crippen molar-refractivity contribution in [2.45, 2.75) is 6.42 Å². The summed E-state index contributed by atoms with van der Waals surface area (Å²) in [5.41, 5.74) is 0. The third-order valence-corrected chi connectivity index (χ3v) is 2.90. The second-order valence-corrected chi connectivity index (χ2v) is 7.27. The highest BCUT2D eigenvalue weighted by molar-refractivity contribution is 7.86. The highest BCUT2D eigenvalue weighted by Gasteiger charge is 2.08. The highest BCUT2D eigenvalue weighted by Crippen LogP contribution is 1.87. The van der Waals surface area contributed by atoms with Crippen LogP contribution in [0, 0.1) is 0 Å². The zero-order chi connectivity index (χ0) is 16.5. The lowest BCUT2D eigenvalue weighted by Crippen LogP contribution is -2.33. The fourth-order valence-corrected chi connectivity index (χ4v) is 1.61. The van der Waals surface area contributed by atoms with Crippen LogP contribution >= 0.6 is 0 Å². The van der Waals surface area contributed by atoms with E-state index >= 15 is 0 Å². The van der Waals surface area contributed by atoms with Gasteiger partial charge in [0, 0.05) is 13.1 Å². The van der Waals surface area contributed by atoms with Gasteiger partial charge in [0.05, 0.1) is 12.5 Å². The van der Waals surface area contributed by atoms with E-state index in [1.54, 1.807) is 0 Å². The number of hydrogen-bond acceptors (Lipinski definition) is 8. The topological polar surface area (TPSA) is 145 Å². The lowest BCUT2D eigenvalue weighted by atomic mass is 10.4. The molecular weight excluding hydrogens is 328 g/mol. The molecule has 0 atom stereocenters. The fourth-order valence-electron chi connectivity index (χ4n) is 0.967. The molecule has 0 rings (SSSR count). The number of rotatable bonds is 10. The molecule has 0 spiro atoms. The first-order valence-corrected chi connectivity index (χ1v) is 9.35. The van der Waals surface area contributed by atoms with Gasteiger partial charge in [0.25, 0.3) is 20.2 Å². The summed E-state index contributed by atoms with van der Waals surface area (Å²) < 4.78 is 51.0. The molecule has 0 bridgehead atoms. The van der Waals surface area contributed by atoms with Gasteiger partial charge in [-0.05, 0) is 6.42 Å². The van der Waals surface area contributed by atoms with Crippen LogP contribution in [0.3, 0.4) is 0 Å². The molecule has 0 saturated carbocycles. The Morgan fingerprint density at radius 1 is 0.810 bits per heavy atom. The SMILES string of the molecule is CS(=O)(=O)OCC(=O)NCCCNC(=O)COS(C)(=O)=O. The first kappa shape index (κ1) is 19.8. The molecule has 0 fully saturated rings. The Balaban J connectivity index is 3.64. The maximum Gasteiger partial charge on any atom is 0.264 e. The van der Waals surface area contributed by atoms with Crippen LogP contribution in [0.15, 0.2) is 0 Å². The highest BCUT2D eigenvalue weighted by atomic mass is 32.2. The van der Waals surface area contributed by atoms with Crippen LogP contribution in [-0.2, 0) is 38.2 Å². The summed E-state index contributed by atoms with van der Waals surface area (Å²) in [6.07, 6.45) is 2.03. The zero-order valence-corrected chi connectivity index (χ0v) is 13.3. The van der Waals surface area contributed by atoms with Crippen LogP contribution in [0.4, 0.5) is 0 Å². The lowest BCUT2D eigenvalue weighted by molar-refractivity contribution is -0.123. The van der Waals surface area contributed by atoms with Crippen LogP contribution in [0.25, 0.3) is 0 Å². The maximum atomic E-state index is 11.1. The molecular formula is C9H18N2O8S2. The quantitative estimate of drug-likeness (QED) is 0.328. The van der Waals surface area contributed by atoms with Crippen molar-refractivity contribution < 1.29 is 34.8 Å². The summed E-state index contributed by atoms with van der Waals surface area (Å²) in [6.45, 7) is -0.820. The molecule has 0 aliphatic heterocycles. The average molecular weight is 346 g/mol. The summed E-state index contributed by atoms with van der Waals surface area (Å²) in [4.78, 5) is 22.3. The number of nitrogens with one attached hydrogen (secondary N) is 2. The van der Waals surface area contributed by atoms with E-state index in [0.717, 1.165) is 12.5 Å². The molecule has 124 valence electrons. The number of hydrogen-bond donors (Lipinski definition) is 2. The predicted molar refractivity (Wildman–Crippen MR) is 72.2 cm³/mol. The molecule has 0 aliphatic rings. The van der Waals surface area contributed by atoms with Gasteiger partial charge in [-0.2, -0.15) is 16.8 Å². The van der Waals surface area contributed by atoms with Crippen LogP contribution in [-0.4, -0.2) is 67.5 Å². The minimum atomic E-state index is -3.66. The molecule has 0 aromatic carbocycles. The number of amides is 2. The summed E-state index contributed by atoms with van der Waals surface area (Å²) in [5.74, 6) is -1.21. The molecule has 0 saturated heterocycles. The van der Waals surface area contributed by atoms with Gasteiger partial charge >= 0.3 is 0 Å². The second kappa shape index (κ2) is 8.92. The van der Waals surface area contributed by atoms with E-state index < -0.39 is 45.3 Å². The molecule has 12 heteroatoms. The summed E-state index contributed by atoms with van der Waals surface area (Å²) in [7, 11) is -7.33. The van der Waals surface area contributed by atoms with Crippen LogP contribution in [0.5, 0.6) is 0 Å². The monoisotopic (exact) mass is 346 g/mol. The first-order chi connectivity index (χ1) is 9.49. The Hall–Kier alpha value is -1.24. The number of carbonyl (C=O) groups is 2. The van der Waals surface area contributed by atoms with Gasteiger partial charge < -0.3 is 10.6 Å². The van der Waals surface area contributed by atoms with Crippen LogP contribution < -0.4 is 10.6 Å². The summed E-state index contributed by atoms with van der Waals surface area (Å²) >= 11 is 0. The van der Waals surface area contributed by atoms with Crippen molar-refractivity contribution in [2.24, 2.45) is 0 Å². The minimum Gasteiger partial charge on any atom is -0.354 e. The van der Waals surface area contributed by atoms with Gasteiger partial charge in [-0.15, -0.1) is 0 Å². The molecule has 0 aliphatic carbocycles. The Labute approximate surface area is 123 Å². The standard InChI is InChI=1S/C9H18N2O8S2/c1-20(14,15)18-6-8(12)10-4-3-5-11-9(13)7-19-21(2,16)17/h3-7H2,1-2H3,(H,10,12)(H,11,13). The molecule has 0 aromatic rings. The van der Waals surface area contributed by atoms with Gasteiger partial charge in [0.15, 0.2) is 0 Å². The van der Waals surface area contributed by atoms with Gasteiger partial charge in [-0.25, -0.2) is 0 Å². The van der Waals surface area contributed by atoms with Crippen molar-refractivity contribution in [3.05, 3.63) is 0 Å². The van der Waals surface area contributed by atoms with Crippen molar-refractivity contribution >= 4 is 32.1 Å². The third kappa shape index (κ3) is 15.0. The molecule has 0 radical (unpaired) electrons. The molecule has 2 amide bonds. The van der Waals surface area contributed by atoms with Gasteiger partial charge in [-0.1, -0.05) is 0 Å². The maximum absolute atomic E-state index is 11.1. The van der Waals surface area contributed by atoms with Crippen molar-refractivity contribution in [1.29, 1.82) is 0 Å². The molecule has 10 nitrogen and oxygen atoms in total. The molecule has 0 unspecified atom stereocenters. The van der Waals surface area contributed by atoms with Crippen molar-refractivity contribution in [3.63, 3.8) is 0 Å². The van der Waals surface area contributed by atoms with Crippen LogP contribution in [0.1, 0.15) is 6.42 Å². The Bertz CT molecular complexity index is 504. The Kier molecular flexibility index (Phi) is 8.39. The van der Waals surface area contributed by atoms with Crippen molar-refractivity contribution in [3.8, 4) is 0 Å². The largest absolute Gasteiger partial charge is 0.354 e. The van der Waals surface area contributed by atoms with Gasteiger partial charge in [0.2, 0.25) is 11.8 Å². The Morgan fingerprint density at radius 2 is 1.14 bits per heavy atom. The van der Waals surface area contributed by atoms with E-state index in [-0.39, 0.29) is 13.1 Å². The fraction of sp³-hybridized carbons (Fsp3) is 0.778. The van der Waals surface area contributed by atoms with Gasteiger partial charge in [0.1, 0.15) is 13.2 Å². The summed E-state index contributed by atoms with van der Waals surface area (Å²) in [5, 5.41) is 4.76. The molecule has 21 heavy (non-hydrogen) atoms. The molecule has 0 aromatic heterocycles. The van der Waals surface area contributed by atoms with E-state index in [0.29, 0.717) is 6.42 Å². The van der Waals surface area contributed by atoms with Crippen LogP contribution in [0.2, 0.25) is 0 Å². The average Bonchev–Trinajstić information content (AvgIpc) is 2.32. The van der Waals surface area contributed by atoms with E-state index in [4.69, 9.17) is 0 Å². The minimum absolute atomic E-state index is 0.194. The first-order valence-electron chi connectivity index (χ1n) is 5.72. The molecule has 2 N–H and O–H groups in total. The van der Waals surface area contributed by atoms with E-state index in [2.05, 4.69) is 19.0 Å². The van der Waals surface area contributed by atoms with Gasteiger partial charge in [-0.3, -0.25) is 18.0 Å². The van der Waals surface area contributed by atoms with E-state index in [1.807, 2.05) is 0 Å². The normalized spacial score (nSPS) is 11.9. The zero-order valence-electron chi connectivity index (χ0n) is 11.6. The summed E-state index contributed by atoms with van der Waals surface area (Å²) in [6, 6.07) is 0. The number of carbonyl (C=O) groups excluding carboxylic acids is 2. The lowest BCUT2D eigenvalue weighted by Gasteiger charge is -2.06. The van der Waals surface area contributed by atoms with Crippen molar-refractivity contribution in [2.75, 3.05) is 38.8 Å². The second-order valence-electron chi connectivity index (χ2n) is 3.99. The van der Waals surface area contributed by atoms with Crippen molar-refractivity contribution in [1.82, 2.24) is 10.6 Å². The molecule has 0 heterocycles. The third-order valence-electron chi connectivity index (χ3n) is 1.81. The Morgan fingerprint density at radius 3 is 1.43 bits per heavy atom. The predicted octanol–water partition coefficient (Wildman–Crippen LogP) is -2.44. The van der Waals surface area contributed by atoms with E-state index in [9.17, 15) is 26.4 Å². The smallest absolute Gasteiger partial charge is 0.264 e.